The molecule has 1 aliphatic heterocycles. The Morgan fingerprint density at radius 1 is 1.33 bits per heavy atom. The minimum absolute atomic E-state index is 0.0399. The maximum absolute atomic E-state index is 12.0. The van der Waals surface area contributed by atoms with Crippen LogP contribution in [-0.2, 0) is 19.1 Å². The number of hydrogen-bond acceptors (Lipinski definition) is 5. The van der Waals surface area contributed by atoms with Gasteiger partial charge in [0.1, 0.15) is 12.1 Å². The van der Waals surface area contributed by atoms with Crippen molar-refractivity contribution in [2.75, 3.05) is 19.8 Å². The van der Waals surface area contributed by atoms with Gasteiger partial charge in [-0.3, -0.25) is 9.59 Å². The third kappa shape index (κ3) is 4.91. The quantitative estimate of drug-likeness (QED) is 0.427. The van der Waals surface area contributed by atoms with Crippen molar-refractivity contribution in [1.82, 2.24) is 10.2 Å². The largest absolute Gasteiger partial charge is 0.480 e. The molecular formula is C11H18N4O6. The van der Waals surface area contributed by atoms with E-state index in [1.54, 1.807) is 0 Å². The number of amides is 4. The van der Waals surface area contributed by atoms with Crippen molar-refractivity contribution >= 4 is 23.8 Å². The predicted octanol–water partition coefficient (Wildman–Crippen LogP) is -2.40. The molecule has 1 fully saturated rings. The zero-order valence-corrected chi connectivity index (χ0v) is 11.3. The number of morpholine rings is 1. The molecule has 0 aromatic rings. The van der Waals surface area contributed by atoms with Crippen molar-refractivity contribution in [3.8, 4) is 0 Å². The molecule has 1 rings (SSSR count). The van der Waals surface area contributed by atoms with E-state index in [-0.39, 0.29) is 32.6 Å². The maximum atomic E-state index is 12.0. The number of urea groups is 1. The molecule has 1 saturated heterocycles. The summed E-state index contributed by atoms with van der Waals surface area (Å²) in [6.07, 6.45) is -0.318. The smallest absolute Gasteiger partial charge is 0.326 e. The summed E-state index contributed by atoms with van der Waals surface area (Å²) in [4.78, 5) is 46.1. The fourth-order valence-corrected chi connectivity index (χ4v) is 1.86. The van der Waals surface area contributed by atoms with Crippen molar-refractivity contribution in [2.45, 2.75) is 24.9 Å². The summed E-state index contributed by atoms with van der Waals surface area (Å²) in [6, 6.07) is -2.98. The highest BCUT2D eigenvalue weighted by Crippen LogP contribution is 2.08. The number of nitrogens with two attached hydrogens (primary N) is 2. The monoisotopic (exact) mass is 302 g/mol. The standard InChI is InChI=1S/C11H18N4O6/c12-8(16)2-1-6(10(18)19)14-11(20)15-3-4-21-5-7(15)9(13)17/h6-7H,1-5H2,(H2,12,16)(H2,13,17)(H,14,20)(H,18,19)/t6-,7?/m1/s1. The average molecular weight is 302 g/mol. The molecule has 118 valence electrons. The molecule has 21 heavy (non-hydrogen) atoms. The number of hydrogen-bond donors (Lipinski definition) is 4. The van der Waals surface area contributed by atoms with Crippen LogP contribution in [0, 0.1) is 0 Å². The van der Waals surface area contributed by atoms with Gasteiger partial charge in [0.05, 0.1) is 13.2 Å². The van der Waals surface area contributed by atoms with Crippen LogP contribution in [0.3, 0.4) is 0 Å². The molecule has 0 bridgehead atoms. The van der Waals surface area contributed by atoms with E-state index in [0.717, 1.165) is 4.90 Å². The van der Waals surface area contributed by atoms with E-state index in [1.165, 1.54) is 0 Å². The van der Waals surface area contributed by atoms with Gasteiger partial charge in [-0.2, -0.15) is 0 Å². The highest BCUT2D eigenvalue weighted by atomic mass is 16.5. The summed E-state index contributed by atoms with van der Waals surface area (Å²) in [5.74, 6) is -2.71. The van der Waals surface area contributed by atoms with E-state index in [0.29, 0.717) is 0 Å². The second kappa shape index (κ2) is 7.43. The summed E-state index contributed by atoms with van der Waals surface area (Å²) >= 11 is 0. The molecule has 0 aliphatic carbocycles. The van der Waals surface area contributed by atoms with E-state index in [1.807, 2.05) is 0 Å². The van der Waals surface area contributed by atoms with Crippen LogP contribution >= 0.6 is 0 Å². The number of nitrogens with zero attached hydrogens (tertiary/aromatic N) is 1. The van der Waals surface area contributed by atoms with Gasteiger partial charge in [-0.25, -0.2) is 9.59 Å². The minimum Gasteiger partial charge on any atom is -0.480 e. The Balaban J connectivity index is 2.68. The summed E-state index contributed by atoms with van der Waals surface area (Å²) < 4.78 is 5.06. The Morgan fingerprint density at radius 2 is 2.00 bits per heavy atom. The van der Waals surface area contributed by atoms with E-state index in [4.69, 9.17) is 21.3 Å². The third-order valence-electron chi connectivity index (χ3n) is 2.99. The summed E-state index contributed by atoms with van der Waals surface area (Å²) in [5, 5.41) is 11.2. The first-order valence-corrected chi connectivity index (χ1v) is 6.28. The Hall–Kier alpha value is -2.36. The van der Waals surface area contributed by atoms with Crippen molar-refractivity contribution in [3.05, 3.63) is 0 Å². The molecule has 10 nitrogen and oxygen atoms in total. The number of primary amides is 2. The fraction of sp³-hybridized carbons (Fsp3) is 0.636. The van der Waals surface area contributed by atoms with E-state index in [2.05, 4.69) is 5.32 Å². The molecule has 1 aliphatic rings. The number of rotatable bonds is 6. The van der Waals surface area contributed by atoms with Gasteiger partial charge in [0.2, 0.25) is 11.8 Å². The lowest BCUT2D eigenvalue weighted by atomic mass is 10.1. The zero-order chi connectivity index (χ0) is 16.0. The van der Waals surface area contributed by atoms with Gasteiger partial charge in [0, 0.05) is 13.0 Å². The Bertz CT molecular complexity index is 440. The molecule has 0 saturated carbocycles. The van der Waals surface area contributed by atoms with Crippen molar-refractivity contribution in [2.24, 2.45) is 11.5 Å². The topological polar surface area (TPSA) is 165 Å². The first-order chi connectivity index (χ1) is 9.82. The highest BCUT2D eigenvalue weighted by Gasteiger charge is 2.33. The van der Waals surface area contributed by atoms with E-state index >= 15 is 0 Å². The van der Waals surface area contributed by atoms with Gasteiger partial charge in [0.25, 0.3) is 0 Å². The van der Waals surface area contributed by atoms with Crippen LogP contribution in [0.4, 0.5) is 4.79 Å². The highest BCUT2D eigenvalue weighted by molar-refractivity contribution is 5.88. The molecular weight excluding hydrogens is 284 g/mol. The summed E-state index contributed by atoms with van der Waals surface area (Å²) in [7, 11) is 0. The van der Waals surface area contributed by atoms with Crippen LogP contribution in [0.2, 0.25) is 0 Å². The molecule has 4 amide bonds. The van der Waals surface area contributed by atoms with Crippen molar-refractivity contribution in [3.63, 3.8) is 0 Å². The van der Waals surface area contributed by atoms with Gasteiger partial charge < -0.3 is 31.5 Å². The molecule has 0 aromatic heterocycles. The lowest BCUT2D eigenvalue weighted by Gasteiger charge is -2.34. The Morgan fingerprint density at radius 3 is 2.52 bits per heavy atom. The molecule has 0 radical (unpaired) electrons. The maximum Gasteiger partial charge on any atom is 0.326 e. The molecule has 0 aromatic carbocycles. The lowest BCUT2D eigenvalue weighted by Crippen LogP contribution is -2.59. The fourth-order valence-electron chi connectivity index (χ4n) is 1.86. The number of carboxylic acid groups (broad SMARTS) is 1. The van der Waals surface area contributed by atoms with Crippen LogP contribution in [0.25, 0.3) is 0 Å². The van der Waals surface area contributed by atoms with Crippen LogP contribution in [0.5, 0.6) is 0 Å². The Labute approximate surface area is 120 Å². The van der Waals surface area contributed by atoms with Gasteiger partial charge >= 0.3 is 12.0 Å². The summed E-state index contributed by atoms with van der Waals surface area (Å²) in [6.45, 7) is 0.291. The predicted molar refractivity (Wildman–Crippen MR) is 68.9 cm³/mol. The van der Waals surface area contributed by atoms with Crippen LogP contribution in [0.15, 0.2) is 0 Å². The van der Waals surface area contributed by atoms with Gasteiger partial charge in [-0.1, -0.05) is 0 Å². The molecule has 1 heterocycles. The van der Waals surface area contributed by atoms with E-state index < -0.39 is 35.9 Å². The number of aliphatic carboxylic acids is 1. The van der Waals surface area contributed by atoms with Crippen LogP contribution < -0.4 is 16.8 Å². The van der Waals surface area contributed by atoms with Gasteiger partial charge in [-0.05, 0) is 6.42 Å². The number of carboxylic acids is 1. The van der Waals surface area contributed by atoms with E-state index in [9.17, 15) is 19.2 Å². The molecule has 10 heteroatoms. The zero-order valence-electron chi connectivity index (χ0n) is 11.3. The second-order valence-corrected chi connectivity index (χ2v) is 4.53. The SMILES string of the molecule is NC(=O)CC[C@@H](NC(=O)N1CCOCC1C(N)=O)C(=O)O. The first-order valence-electron chi connectivity index (χ1n) is 6.28. The van der Waals surface area contributed by atoms with Crippen molar-refractivity contribution < 1.29 is 29.0 Å². The number of carbonyl (C=O) groups excluding carboxylic acids is 3. The molecule has 0 spiro atoms. The molecule has 2 atom stereocenters. The van der Waals surface area contributed by atoms with Crippen LogP contribution in [0.1, 0.15) is 12.8 Å². The second-order valence-electron chi connectivity index (χ2n) is 4.53. The number of carbonyl (C=O) groups is 4. The van der Waals surface area contributed by atoms with Gasteiger partial charge in [-0.15, -0.1) is 0 Å². The van der Waals surface area contributed by atoms with Crippen LogP contribution in [-0.4, -0.2) is 65.7 Å². The lowest BCUT2D eigenvalue weighted by molar-refractivity contribution is -0.139. The van der Waals surface area contributed by atoms with Crippen molar-refractivity contribution in [1.29, 1.82) is 0 Å². The number of ether oxygens (including phenoxy) is 1. The first kappa shape index (κ1) is 16.7. The molecule has 6 N–H and O–H groups in total. The normalized spacial score (nSPS) is 19.6. The van der Waals surface area contributed by atoms with Gasteiger partial charge in [0.15, 0.2) is 0 Å². The number of nitrogens with one attached hydrogen (secondary N) is 1. The Kier molecular flexibility index (Phi) is 5.91. The third-order valence-corrected chi connectivity index (χ3v) is 2.99. The minimum atomic E-state index is -1.30. The average Bonchev–Trinajstić information content (AvgIpc) is 2.42. The summed E-state index contributed by atoms with van der Waals surface area (Å²) in [5.41, 5.74) is 10.1. The molecule has 1 unspecified atom stereocenters.